The Morgan fingerprint density at radius 1 is 1.09 bits per heavy atom. The quantitative estimate of drug-likeness (QED) is 0.797. The van der Waals surface area contributed by atoms with E-state index in [1.165, 1.54) is 0 Å². The standard InChI is InChI=1S/C25H28N2O5/c1-31-22-9-5-3-7-18(22)25(30)26-14-20-23(17-6-2-4-8-19(17)26)21(15-28)27(20)24(29)16-10-12-32-13-11-16/h2-9,16,20-21,23,28H,10-15H2,1H3/t20-,21-,23+/m0/s1. The first-order valence-electron chi connectivity index (χ1n) is 11.2. The molecule has 3 atom stereocenters. The van der Waals surface area contributed by atoms with Crippen LogP contribution in [0.25, 0.3) is 0 Å². The number of aliphatic hydroxyl groups excluding tert-OH is 1. The monoisotopic (exact) mass is 436 g/mol. The van der Waals surface area contributed by atoms with E-state index in [9.17, 15) is 14.7 Å². The summed E-state index contributed by atoms with van der Waals surface area (Å²) in [5.41, 5.74) is 2.33. The molecular weight excluding hydrogens is 408 g/mol. The van der Waals surface area contributed by atoms with Gasteiger partial charge in [-0.3, -0.25) is 9.59 Å². The maximum absolute atomic E-state index is 13.6. The highest BCUT2D eigenvalue weighted by molar-refractivity contribution is 6.09. The van der Waals surface area contributed by atoms with Crippen LogP contribution in [0.1, 0.15) is 34.7 Å². The first-order chi connectivity index (χ1) is 15.7. The molecule has 2 fully saturated rings. The predicted molar refractivity (Wildman–Crippen MR) is 119 cm³/mol. The van der Waals surface area contributed by atoms with Crippen molar-refractivity contribution in [3.63, 3.8) is 0 Å². The Bertz CT molecular complexity index is 1020. The molecule has 2 aromatic rings. The Hall–Kier alpha value is -2.90. The fourth-order valence-electron chi connectivity index (χ4n) is 5.51. The molecule has 2 saturated heterocycles. The summed E-state index contributed by atoms with van der Waals surface area (Å²) < 4.78 is 10.8. The van der Waals surface area contributed by atoms with Gasteiger partial charge in [-0.2, -0.15) is 0 Å². The van der Waals surface area contributed by atoms with E-state index in [1.807, 2.05) is 41.3 Å². The topological polar surface area (TPSA) is 79.3 Å². The normalized spacial score (nSPS) is 24.9. The van der Waals surface area contributed by atoms with Crippen molar-refractivity contribution in [3.05, 3.63) is 59.7 Å². The van der Waals surface area contributed by atoms with Crippen molar-refractivity contribution in [1.82, 2.24) is 4.90 Å². The van der Waals surface area contributed by atoms with Crippen molar-refractivity contribution in [2.75, 3.05) is 38.4 Å². The number of benzene rings is 2. The number of aliphatic hydroxyl groups is 1. The van der Waals surface area contributed by atoms with Gasteiger partial charge >= 0.3 is 0 Å². The third-order valence-corrected chi connectivity index (χ3v) is 7.09. The molecule has 2 amide bonds. The van der Waals surface area contributed by atoms with E-state index in [2.05, 4.69) is 0 Å². The maximum atomic E-state index is 13.6. The second kappa shape index (κ2) is 8.56. The average Bonchev–Trinajstić information content (AvgIpc) is 2.84. The zero-order valence-corrected chi connectivity index (χ0v) is 18.1. The van der Waals surface area contributed by atoms with Crippen molar-refractivity contribution in [2.24, 2.45) is 5.92 Å². The lowest BCUT2D eigenvalue weighted by Gasteiger charge is -2.59. The minimum atomic E-state index is -0.264. The van der Waals surface area contributed by atoms with Crippen LogP contribution in [0.5, 0.6) is 5.75 Å². The number of nitrogens with zero attached hydrogens (tertiary/aromatic N) is 2. The Labute approximate surface area is 187 Å². The molecule has 3 heterocycles. The van der Waals surface area contributed by atoms with Crippen molar-refractivity contribution < 1.29 is 24.2 Å². The Morgan fingerprint density at radius 3 is 2.56 bits per heavy atom. The first kappa shape index (κ1) is 21.0. The number of carbonyl (C=O) groups is 2. The molecule has 0 radical (unpaired) electrons. The van der Waals surface area contributed by atoms with Gasteiger partial charge < -0.3 is 24.4 Å². The smallest absolute Gasteiger partial charge is 0.262 e. The molecule has 2 aromatic carbocycles. The van der Waals surface area contributed by atoms with E-state index in [-0.39, 0.29) is 42.3 Å². The number of fused-ring (bicyclic) bond motifs is 3. The molecule has 0 spiro atoms. The molecule has 7 heteroatoms. The molecule has 7 nitrogen and oxygen atoms in total. The summed E-state index contributed by atoms with van der Waals surface area (Å²) in [4.78, 5) is 30.6. The van der Waals surface area contributed by atoms with Crippen LogP contribution in [0, 0.1) is 5.92 Å². The van der Waals surface area contributed by atoms with Crippen molar-refractivity contribution >= 4 is 17.5 Å². The van der Waals surface area contributed by atoms with E-state index >= 15 is 0 Å². The van der Waals surface area contributed by atoms with Crippen molar-refractivity contribution in [1.29, 1.82) is 0 Å². The van der Waals surface area contributed by atoms with Gasteiger partial charge in [0.05, 0.1) is 31.4 Å². The number of rotatable bonds is 4. The lowest BCUT2D eigenvalue weighted by Crippen LogP contribution is -2.71. The number of carbonyl (C=O) groups excluding carboxylic acids is 2. The highest BCUT2D eigenvalue weighted by Gasteiger charge is 2.56. The predicted octanol–water partition coefficient (Wildman–Crippen LogP) is 2.44. The molecular formula is C25H28N2O5. The molecule has 0 saturated carbocycles. The summed E-state index contributed by atoms with van der Waals surface area (Å²) in [5, 5.41) is 10.2. The van der Waals surface area contributed by atoms with Gasteiger partial charge in [0.15, 0.2) is 0 Å². The van der Waals surface area contributed by atoms with E-state index < -0.39 is 0 Å². The average molecular weight is 437 g/mol. The number of ether oxygens (including phenoxy) is 2. The molecule has 168 valence electrons. The third kappa shape index (κ3) is 3.27. The van der Waals surface area contributed by atoms with Gasteiger partial charge in [0.2, 0.25) is 5.91 Å². The Morgan fingerprint density at radius 2 is 1.81 bits per heavy atom. The van der Waals surface area contributed by atoms with Gasteiger partial charge in [-0.25, -0.2) is 0 Å². The highest BCUT2D eigenvalue weighted by Crippen LogP contribution is 2.49. The van der Waals surface area contributed by atoms with Crippen LogP contribution >= 0.6 is 0 Å². The van der Waals surface area contributed by atoms with E-state index in [1.54, 1.807) is 24.1 Å². The van der Waals surface area contributed by atoms with Gasteiger partial charge in [0, 0.05) is 37.3 Å². The van der Waals surface area contributed by atoms with E-state index in [0.29, 0.717) is 43.9 Å². The van der Waals surface area contributed by atoms with Crippen LogP contribution in [0.4, 0.5) is 5.69 Å². The zero-order chi connectivity index (χ0) is 22.2. The summed E-state index contributed by atoms with van der Waals surface area (Å²) in [6.45, 7) is 1.47. The maximum Gasteiger partial charge on any atom is 0.262 e. The molecule has 5 rings (SSSR count). The van der Waals surface area contributed by atoms with Gasteiger partial charge in [-0.15, -0.1) is 0 Å². The summed E-state index contributed by atoms with van der Waals surface area (Å²) in [7, 11) is 1.55. The summed E-state index contributed by atoms with van der Waals surface area (Å²) >= 11 is 0. The fourth-order valence-corrected chi connectivity index (χ4v) is 5.51. The number of hydrogen-bond acceptors (Lipinski definition) is 5. The zero-order valence-electron chi connectivity index (χ0n) is 18.1. The second-order valence-corrected chi connectivity index (χ2v) is 8.65. The highest BCUT2D eigenvalue weighted by atomic mass is 16.5. The molecule has 0 aliphatic carbocycles. The molecule has 32 heavy (non-hydrogen) atoms. The second-order valence-electron chi connectivity index (χ2n) is 8.65. The van der Waals surface area contributed by atoms with E-state index in [4.69, 9.17) is 9.47 Å². The van der Waals surface area contributed by atoms with Crippen molar-refractivity contribution in [2.45, 2.75) is 30.8 Å². The molecule has 1 N–H and O–H groups in total. The minimum Gasteiger partial charge on any atom is -0.496 e. The molecule has 3 aliphatic rings. The third-order valence-electron chi connectivity index (χ3n) is 7.09. The van der Waals surface area contributed by atoms with Crippen molar-refractivity contribution in [3.8, 4) is 5.75 Å². The number of methoxy groups -OCH3 is 1. The number of amides is 2. The lowest BCUT2D eigenvalue weighted by atomic mass is 9.71. The lowest BCUT2D eigenvalue weighted by molar-refractivity contribution is -0.157. The van der Waals surface area contributed by atoms with Crippen LogP contribution in [0.3, 0.4) is 0 Å². The Balaban J connectivity index is 1.50. The van der Waals surface area contributed by atoms with Crippen LogP contribution in [-0.4, -0.2) is 67.4 Å². The van der Waals surface area contributed by atoms with Crippen LogP contribution < -0.4 is 9.64 Å². The van der Waals surface area contributed by atoms with Crippen LogP contribution in [0.2, 0.25) is 0 Å². The van der Waals surface area contributed by atoms with Gasteiger partial charge in [-0.05, 0) is 36.6 Å². The largest absolute Gasteiger partial charge is 0.496 e. The number of hydrogen-bond donors (Lipinski definition) is 1. The molecule has 0 bridgehead atoms. The molecule has 0 unspecified atom stereocenters. The van der Waals surface area contributed by atoms with E-state index in [0.717, 1.165) is 11.3 Å². The van der Waals surface area contributed by atoms with Gasteiger partial charge in [-0.1, -0.05) is 30.3 Å². The van der Waals surface area contributed by atoms with Crippen LogP contribution in [0.15, 0.2) is 48.5 Å². The number of likely N-dealkylation sites (tertiary alicyclic amines) is 1. The summed E-state index contributed by atoms with van der Waals surface area (Å²) in [6.07, 6.45) is 1.40. The number of para-hydroxylation sites is 2. The first-order valence-corrected chi connectivity index (χ1v) is 11.2. The summed E-state index contributed by atoms with van der Waals surface area (Å²) in [5.74, 6) is 0.363. The SMILES string of the molecule is COc1ccccc1C(=O)N1C[C@H]2[C@@H](c3ccccc31)[C@H](CO)N2C(=O)C1CCOCC1. The minimum absolute atomic E-state index is 0.0155. The summed E-state index contributed by atoms with van der Waals surface area (Å²) in [6, 6.07) is 14.6. The fraction of sp³-hybridized carbons (Fsp3) is 0.440. The van der Waals surface area contributed by atoms with Gasteiger partial charge in [0.25, 0.3) is 5.91 Å². The Kier molecular flexibility index (Phi) is 5.61. The van der Waals surface area contributed by atoms with Gasteiger partial charge in [0.1, 0.15) is 5.75 Å². The molecule has 3 aliphatic heterocycles. The van der Waals surface area contributed by atoms with Crippen LogP contribution in [-0.2, 0) is 9.53 Å². The molecule has 0 aromatic heterocycles. The number of anilines is 1.